The van der Waals surface area contributed by atoms with E-state index in [4.69, 9.17) is 25.8 Å². The molecule has 2 aromatic carbocycles. The number of hydrogen-bond acceptors (Lipinski definition) is 6. The van der Waals surface area contributed by atoms with E-state index in [1.54, 1.807) is 18.2 Å². The van der Waals surface area contributed by atoms with E-state index in [1.807, 2.05) is 6.07 Å². The van der Waals surface area contributed by atoms with Crippen molar-refractivity contribution in [3.05, 3.63) is 79.2 Å². The normalized spacial score (nSPS) is 12.5. The van der Waals surface area contributed by atoms with Crippen molar-refractivity contribution >= 4 is 22.8 Å². The maximum Gasteiger partial charge on any atom is 0.332 e. The molecule has 1 aliphatic heterocycles. The molecule has 2 aromatic heterocycles. The highest BCUT2D eigenvalue weighted by molar-refractivity contribution is 6.31. The van der Waals surface area contributed by atoms with Crippen molar-refractivity contribution < 1.29 is 18.6 Å². The highest BCUT2D eigenvalue weighted by atomic mass is 35.5. The summed E-state index contributed by atoms with van der Waals surface area (Å²) in [5.41, 5.74) is 0.0381. The van der Waals surface area contributed by atoms with Crippen molar-refractivity contribution in [3.8, 4) is 17.5 Å². The summed E-state index contributed by atoms with van der Waals surface area (Å²) in [4.78, 5) is 29.8. The molecule has 1 aliphatic rings. The Hall–Kier alpha value is -3.79. The van der Waals surface area contributed by atoms with Gasteiger partial charge in [-0.1, -0.05) is 23.7 Å². The molecular weight excluding hydrogens is 455 g/mol. The predicted molar refractivity (Wildman–Crippen MR) is 118 cm³/mol. The summed E-state index contributed by atoms with van der Waals surface area (Å²) in [6.07, 6.45) is 0. The summed E-state index contributed by atoms with van der Waals surface area (Å²) < 4.78 is 34.8. The fourth-order valence-corrected chi connectivity index (χ4v) is 3.93. The van der Waals surface area contributed by atoms with Gasteiger partial charge in [0.2, 0.25) is 6.79 Å². The number of aryl methyl sites for hydroxylation is 1. The van der Waals surface area contributed by atoms with Gasteiger partial charge in [0.15, 0.2) is 22.7 Å². The highest BCUT2D eigenvalue weighted by Crippen LogP contribution is 2.33. The number of rotatable bonds is 5. The number of hydrogen-bond donors (Lipinski definition) is 0. The largest absolute Gasteiger partial charge is 0.460 e. The molecule has 0 saturated carbocycles. The van der Waals surface area contributed by atoms with Gasteiger partial charge in [-0.05, 0) is 29.8 Å². The molecule has 0 saturated heterocycles. The fraction of sp³-hybridized carbons (Fsp3) is 0.227. The van der Waals surface area contributed by atoms with Crippen LogP contribution in [-0.4, -0.2) is 25.5 Å². The Morgan fingerprint density at radius 2 is 1.91 bits per heavy atom. The zero-order chi connectivity index (χ0) is 23.3. The molecule has 33 heavy (non-hydrogen) atoms. The van der Waals surface area contributed by atoms with E-state index >= 15 is 0 Å². The summed E-state index contributed by atoms with van der Waals surface area (Å²) in [5.74, 6) is 0.699. The zero-order valence-corrected chi connectivity index (χ0v) is 18.4. The van der Waals surface area contributed by atoms with Crippen LogP contribution < -0.4 is 25.5 Å². The van der Waals surface area contributed by atoms with Crippen molar-refractivity contribution in [2.45, 2.75) is 13.2 Å². The van der Waals surface area contributed by atoms with E-state index < -0.39 is 17.1 Å². The van der Waals surface area contributed by atoms with Crippen molar-refractivity contribution in [2.75, 3.05) is 6.79 Å². The minimum atomic E-state index is -0.578. The Balaban J connectivity index is 1.62. The molecule has 0 spiro atoms. The van der Waals surface area contributed by atoms with Crippen LogP contribution in [0.15, 0.2) is 46.0 Å². The predicted octanol–water partition coefficient (Wildman–Crippen LogP) is 2.58. The molecule has 9 nitrogen and oxygen atoms in total. The third kappa shape index (κ3) is 3.52. The Morgan fingerprint density at radius 1 is 1.12 bits per heavy atom. The molecule has 5 rings (SSSR count). The summed E-state index contributed by atoms with van der Waals surface area (Å²) in [6.45, 7) is 0.112. The molecule has 0 bridgehead atoms. The average molecular weight is 473 g/mol. The lowest BCUT2D eigenvalue weighted by Crippen LogP contribution is -2.37. The second kappa shape index (κ2) is 7.96. The molecule has 3 heterocycles. The van der Waals surface area contributed by atoms with Crippen LogP contribution in [0.25, 0.3) is 11.2 Å². The first kappa shape index (κ1) is 21.1. The topological polar surface area (TPSA) is 89.5 Å². The van der Waals surface area contributed by atoms with Gasteiger partial charge in [-0.15, -0.1) is 0 Å². The first-order valence-corrected chi connectivity index (χ1v) is 10.3. The van der Waals surface area contributed by atoms with E-state index in [0.717, 1.165) is 10.1 Å². The van der Waals surface area contributed by atoms with Crippen LogP contribution in [0.5, 0.6) is 17.5 Å². The number of nitrogens with zero attached hydrogens (tertiary/aromatic N) is 4. The van der Waals surface area contributed by atoms with Crippen LogP contribution in [0.1, 0.15) is 11.1 Å². The maximum absolute atomic E-state index is 14.6. The zero-order valence-electron chi connectivity index (χ0n) is 17.7. The number of benzene rings is 2. The lowest BCUT2D eigenvalue weighted by molar-refractivity contribution is 0.174. The SMILES string of the molecule is Cn1c(=O)c2c(nc(OCc3ccc4c(c3)OCO4)n2Cc2c(F)cccc2Cl)n(C)c1=O. The van der Waals surface area contributed by atoms with Crippen LogP contribution in [0.4, 0.5) is 4.39 Å². The Bertz CT molecular complexity index is 1500. The van der Waals surface area contributed by atoms with Crippen LogP contribution in [0, 0.1) is 5.82 Å². The van der Waals surface area contributed by atoms with Crippen molar-refractivity contribution in [3.63, 3.8) is 0 Å². The Kier molecular flexibility index (Phi) is 5.09. The van der Waals surface area contributed by atoms with Gasteiger partial charge in [0.25, 0.3) is 11.6 Å². The third-order valence-electron chi connectivity index (χ3n) is 5.50. The van der Waals surface area contributed by atoms with Gasteiger partial charge in [-0.2, -0.15) is 4.98 Å². The number of imidazole rings is 1. The van der Waals surface area contributed by atoms with Crippen LogP contribution in [0.2, 0.25) is 5.02 Å². The van der Waals surface area contributed by atoms with Gasteiger partial charge in [0.05, 0.1) is 6.54 Å². The molecule has 11 heteroatoms. The van der Waals surface area contributed by atoms with Gasteiger partial charge in [0.1, 0.15) is 12.4 Å². The van der Waals surface area contributed by atoms with Gasteiger partial charge in [0, 0.05) is 24.7 Å². The van der Waals surface area contributed by atoms with Gasteiger partial charge >= 0.3 is 5.69 Å². The molecule has 0 amide bonds. The molecule has 0 atom stereocenters. The summed E-state index contributed by atoms with van der Waals surface area (Å²) in [5, 5.41) is 0.195. The second-order valence-electron chi connectivity index (χ2n) is 7.53. The summed E-state index contributed by atoms with van der Waals surface area (Å²) >= 11 is 6.23. The summed E-state index contributed by atoms with van der Waals surface area (Å²) in [7, 11) is 2.86. The molecule has 0 radical (unpaired) electrons. The fourth-order valence-electron chi connectivity index (χ4n) is 3.70. The molecule has 0 N–H and O–H groups in total. The maximum atomic E-state index is 14.6. The van der Waals surface area contributed by atoms with Crippen molar-refractivity contribution in [1.82, 2.24) is 18.7 Å². The van der Waals surface area contributed by atoms with Gasteiger partial charge in [-0.3, -0.25) is 18.5 Å². The molecule has 0 fully saturated rings. The van der Waals surface area contributed by atoms with E-state index in [2.05, 4.69) is 4.98 Å². The first-order chi connectivity index (χ1) is 15.8. The van der Waals surface area contributed by atoms with E-state index in [1.165, 1.54) is 35.4 Å². The lowest BCUT2D eigenvalue weighted by atomic mass is 10.2. The van der Waals surface area contributed by atoms with Gasteiger partial charge in [-0.25, -0.2) is 9.18 Å². The molecule has 0 unspecified atom stereocenters. The Morgan fingerprint density at radius 3 is 2.70 bits per heavy atom. The second-order valence-corrected chi connectivity index (χ2v) is 7.94. The smallest absolute Gasteiger partial charge is 0.332 e. The third-order valence-corrected chi connectivity index (χ3v) is 5.85. The van der Waals surface area contributed by atoms with Crippen LogP contribution in [0.3, 0.4) is 0 Å². The average Bonchev–Trinajstić information content (AvgIpc) is 3.41. The number of fused-ring (bicyclic) bond motifs is 2. The van der Waals surface area contributed by atoms with Crippen molar-refractivity contribution in [2.24, 2.45) is 14.1 Å². The molecular formula is C22H18ClFN4O5. The van der Waals surface area contributed by atoms with E-state index in [-0.39, 0.29) is 47.7 Å². The number of aromatic nitrogens is 4. The number of halogens is 2. The van der Waals surface area contributed by atoms with E-state index in [0.29, 0.717) is 11.5 Å². The van der Waals surface area contributed by atoms with Crippen LogP contribution >= 0.6 is 11.6 Å². The lowest BCUT2D eigenvalue weighted by Gasteiger charge is -2.12. The van der Waals surface area contributed by atoms with Gasteiger partial charge < -0.3 is 14.2 Å². The van der Waals surface area contributed by atoms with Crippen LogP contribution in [-0.2, 0) is 27.2 Å². The molecule has 170 valence electrons. The summed E-state index contributed by atoms with van der Waals surface area (Å²) in [6, 6.07) is 9.72. The highest BCUT2D eigenvalue weighted by Gasteiger charge is 2.22. The monoisotopic (exact) mass is 472 g/mol. The molecule has 0 aliphatic carbocycles. The quantitative estimate of drug-likeness (QED) is 0.443. The minimum Gasteiger partial charge on any atom is -0.460 e. The number of ether oxygens (including phenoxy) is 3. The Labute approximate surface area is 191 Å². The standard InChI is InChI=1S/C22H18ClFN4O5/c1-26-19-18(20(29)27(2)22(26)30)28(9-13-14(23)4-3-5-15(13)24)21(25-19)31-10-12-6-7-16-17(8-12)33-11-32-16/h3-8H,9-11H2,1-2H3. The van der Waals surface area contributed by atoms with E-state index in [9.17, 15) is 14.0 Å². The minimum absolute atomic E-state index is 0.0419. The molecule has 4 aromatic rings. The van der Waals surface area contributed by atoms with Crippen molar-refractivity contribution in [1.29, 1.82) is 0 Å². The first-order valence-electron chi connectivity index (χ1n) is 9.95.